The molecule has 1 aliphatic rings. The average molecular weight is 501 g/mol. The summed E-state index contributed by atoms with van der Waals surface area (Å²) in [5.74, 6) is 1.59. The summed E-state index contributed by atoms with van der Waals surface area (Å²) in [6, 6.07) is 9.69. The predicted molar refractivity (Wildman–Crippen MR) is 138 cm³/mol. The van der Waals surface area contributed by atoms with Crippen molar-refractivity contribution < 1.29 is 17.9 Å². The molecular weight excluding hydrogens is 468 g/mol. The molecule has 1 aromatic heterocycles. The number of hydrogen-bond acceptors (Lipinski definition) is 7. The molecule has 0 saturated carbocycles. The zero-order valence-corrected chi connectivity index (χ0v) is 22.1. The molecule has 182 valence electrons. The number of aromatic nitrogens is 1. The third-order valence-electron chi connectivity index (χ3n) is 6.44. The minimum atomic E-state index is -3.37. The van der Waals surface area contributed by atoms with Crippen LogP contribution in [-0.4, -0.2) is 46.0 Å². The van der Waals surface area contributed by atoms with Gasteiger partial charge in [-0.1, -0.05) is 17.7 Å². The molecule has 1 saturated heterocycles. The van der Waals surface area contributed by atoms with Crippen LogP contribution in [0.15, 0.2) is 40.6 Å². The van der Waals surface area contributed by atoms with E-state index in [0.29, 0.717) is 37.2 Å². The first-order valence-electron chi connectivity index (χ1n) is 11.4. The van der Waals surface area contributed by atoms with E-state index < -0.39 is 9.84 Å². The summed E-state index contributed by atoms with van der Waals surface area (Å²) >= 11 is 1.60. The van der Waals surface area contributed by atoms with Gasteiger partial charge in [-0.25, -0.2) is 13.4 Å². The van der Waals surface area contributed by atoms with Crippen molar-refractivity contribution in [3.63, 3.8) is 0 Å². The van der Waals surface area contributed by atoms with Crippen LogP contribution in [0.4, 0.5) is 5.13 Å². The van der Waals surface area contributed by atoms with Gasteiger partial charge in [0.1, 0.15) is 11.5 Å². The van der Waals surface area contributed by atoms with Gasteiger partial charge in [0.2, 0.25) is 0 Å². The monoisotopic (exact) mass is 500 g/mol. The van der Waals surface area contributed by atoms with Crippen LogP contribution in [0.3, 0.4) is 0 Å². The lowest BCUT2D eigenvalue weighted by Gasteiger charge is -2.32. The second-order valence-electron chi connectivity index (χ2n) is 8.94. The molecule has 2 heterocycles. The number of piperidine rings is 1. The normalized spacial score (nSPS) is 14.9. The van der Waals surface area contributed by atoms with Gasteiger partial charge in [0.25, 0.3) is 0 Å². The molecular formula is C26H32N2O4S2. The molecule has 0 bridgehead atoms. The number of methoxy groups -OCH3 is 2. The molecule has 1 fully saturated rings. The number of hydrogen-bond donors (Lipinski definition) is 0. The van der Waals surface area contributed by atoms with Gasteiger partial charge in [0, 0.05) is 30.5 Å². The molecule has 0 atom stereocenters. The Bertz CT molecular complexity index is 1250. The Morgan fingerprint density at radius 2 is 1.71 bits per heavy atom. The Labute approximate surface area is 206 Å². The third kappa shape index (κ3) is 4.93. The summed E-state index contributed by atoms with van der Waals surface area (Å²) in [4.78, 5) is 7.56. The van der Waals surface area contributed by atoms with Crippen LogP contribution < -0.4 is 14.4 Å². The third-order valence-corrected chi connectivity index (χ3v) is 9.95. The number of thiazole rings is 1. The summed E-state index contributed by atoms with van der Waals surface area (Å²) in [5, 5.41) is 2.65. The van der Waals surface area contributed by atoms with Crippen molar-refractivity contribution in [3.8, 4) is 11.5 Å². The molecule has 0 N–H and O–H groups in total. The number of nitrogens with zero attached hydrogens (tertiary/aromatic N) is 2. The van der Waals surface area contributed by atoms with Crippen LogP contribution in [0.25, 0.3) is 0 Å². The lowest BCUT2D eigenvalue weighted by atomic mass is 10.1. The molecule has 4 rings (SSSR count). The first-order chi connectivity index (χ1) is 16.2. The van der Waals surface area contributed by atoms with E-state index in [2.05, 4.69) is 10.3 Å². The van der Waals surface area contributed by atoms with Crippen molar-refractivity contribution >= 4 is 26.3 Å². The summed E-state index contributed by atoms with van der Waals surface area (Å²) in [6.45, 7) is 7.17. The second-order valence-corrected chi connectivity index (χ2v) is 11.9. The SMILES string of the molecule is COc1ccc(OC)c(Cc2csc(N3CCC(S(=O)(=O)c4c(C)cc(C)cc4C)CC3)n2)c1. The average Bonchev–Trinajstić information content (AvgIpc) is 3.26. The Morgan fingerprint density at radius 1 is 1.03 bits per heavy atom. The van der Waals surface area contributed by atoms with E-state index in [9.17, 15) is 8.42 Å². The predicted octanol–water partition coefficient (Wildman–Crippen LogP) is 5.12. The quantitative estimate of drug-likeness (QED) is 0.449. The fourth-order valence-electron chi connectivity index (χ4n) is 4.88. The molecule has 0 spiro atoms. The molecule has 2 aromatic carbocycles. The van der Waals surface area contributed by atoms with E-state index in [1.165, 1.54) is 0 Å². The Hall–Kier alpha value is -2.58. The molecule has 3 aromatic rings. The van der Waals surface area contributed by atoms with Gasteiger partial charge in [0.05, 0.1) is 30.1 Å². The molecule has 34 heavy (non-hydrogen) atoms. The van der Waals surface area contributed by atoms with E-state index >= 15 is 0 Å². The van der Waals surface area contributed by atoms with Gasteiger partial charge in [-0.15, -0.1) is 11.3 Å². The molecule has 0 amide bonds. The van der Waals surface area contributed by atoms with E-state index in [4.69, 9.17) is 14.5 Å². The molecule has 0 aliphatic carbocycles. The van der Waals surface area contributed by atoms with Crippen LogP contribution in [0, 0.1) is 20.8 Å². The highest BCUT2D eigenvalue weighted by Crippen LogP contribution is 2.33. The Balaban J connectivity index is 1.45. The number of benzene rings is 2. The lowest BCUT2D eigenvalue weighted by Crippen LogP contribution is -2.39. The highest BCUT2D eigenvalue weighted by atomic mass is 32.2. The zero-order valence-electron chi connectivity index (χ0n) is 20.4. The van der Waals surface area contributed by atoms with Crippen molar-refractivity contribution in [2.45, 2.75) is 50.2 Å². The van der Waals surface area contributed by atoms with Crippen molar-refractivity contribution in [3.05, 3.63) is 63.7 Å². The van der Waals surface area contributed by atoms with Gasteiger partial charge in [-0.2, -0.15) is 0 Å². The minimum absolute atomic E-state index is 0.357. The zero-order chi connectivity index (χ0) is 24.5. The molecule has 0 radical (unpaired) electrons. The van der Waals surface area contributed by atoms with Crippen LogP contribution in [0.5, 0.6) is 11.5 Å². The minimum Gasteiger partial charge on any atom is -0.497 e. The van der Waals surface area contributed by atoms with Crippen molar-refractivity contribution in [2.75, 3.05) is 32.2 Å². The van der Waals surface area contributed by atoms with E-state index in [-0.39, 0.29) is 5.25 Å². The fraction of sp³-hybridized carbons (Fsp3) is 0.423. The molecule has 0 unspecified atom stereocenters. The topological polar surface area (TPSA) is 68.7 Å². The Morgan fingerprint density at radius 3 is 2.32 bits per heavy atom. The lowest BCUT2D eigenvalue weighted by molar-refractivity contribution is 0.399. The first kappa shape index (κ1) is 24.5. The summed E-state index contributed by atoms with van der Waals surface area (Å²) < 4.78 is 37.7. The maximum Gasteiger partial charge on any atom is 0.185 e. The second kappa shape index (κ2) is 9.96. The van der Waals surface area contributed by atoms with E-state index in [1.54, 1.807) is 25.6 Å². The van der Waals surface area contributed by atoms with Gasteiger partial charge in [-0.05, 0) is 62.9 Å². The van der Waals surface area contributed by atoms with Gasteiger partial charge in [-0.3, -0.25) is 0 Å². The number of anilines is 1. The maximum atomic E-state index is 13.4. The maximum absolute atomic E-state index is 13.4. The van der Waals surface area contributed by atoms with Gasteiger partial charge < -0.3 is 14.4 Å². The Kier molecular flexibility index (Phi) is 7.19. The van der Waals surface area contributed by atoms with E-state index in [1.807, 2.05) is 51.1 Å². The highest BCUT2D eigenvalue weighted by Gasteiger charge is 2.34. The van der Waals surface area contributed by atoms with Gasteiger partial charge in [0.15, 0.2) is 15.0 Å². The molecule has 6 nitrogen and oxygen atoms in total. The molecule has 1 aliphatic heterocycles. The number of aryl methyl sites for hydroxylation is 3. The number of ether oxygens (including phenoxy) is 2. The smallest absolute Gasteiger partial charge is 0.185 e. The fourth-order valence-corrected chi connectivity index (χ4v) is 7.94. The largest absolute Gasteiger partial charge is 0.497 e. The highest BCUT2D eigenvalue weighted by molar-refractivity contribution is 7.92. The summed E-state index contributed by atoms with van der Waals surface area (Å²) in [5.41, 5.74) is 4.77. The van der Waals surface area contributed by atoms with Crippen molar-refractivity contribution in [1.29, 1.82) is 0 Å². The summed E-state index contributed by atoms with van der Waals surface area (Å²) in [6.07, 6.45) is 1.86. The standard InChI is InChI=1S/C26H32N2O4S2/c1-17-12-18(2)25(19(3)13-17)34(29,30)23-8-10-28(11-9-23)26-27-21(16-33-26)14-20-15-22(31-4)6-7-24(20)32-5/h6-7,12-13,15-16,23H,8-11,14H2,1-5H3. The van der Waals surface area contributed by atoms with Crippen LogP contribution in [-0.2, 0) is 16.3 Å². The van der Waals surface area contributed by atoms with Crippen LogP contribution >= 0.6 is 11.3 Å². The first-order valence-corrected chi connectivity index (χ1v) is 13.9. The number of sulfone groups is 1. The van der Waals surface area contributed by atoms with Crippen LogP contribution in [0.2, 0.25) is 0 Å². The summed E-state index contributed by atoms with van der Waals surface area (Å²) in [7, 11) is -0.0521. The van der Waals surface area contributed by atoms with Crippen molar-refractivity contribution in [2.24, 2.45) is 0 Å². The molecule has 8 heteroatoms. The van der Waals surface area contributed by atoms with E-state index in [0.717, 1.165) is 44.6 Å². The van der Waals surface area contributed by atoms with Crippen molar-refractivity contribution in [1.82, 2.24) is 4.98 Å². The van der Waals surface area contributed by atoms with Crippen LogP contribution in [0.1, 0.15) is 40.8 Å². The van der Waals surface area contributed by atoms with Gasteiger partial charge >= 0.3 is 0 Å². The number of rotatable bonds is 7.